The molecule has 6 nitrogen and oxygen atoms in total. The summed E-state index contributed by atoms with van der Waals surface area (Å²) in [4.78, 5) is 13.0. The van der Waals surface area contributed by atoms with Crippen LogP contribution in [0.25, 0.3) is 11.0 Å². The Bertz CT molecular complexity index is 1020. The number of H-pyrrole nitrogens is 2. The SMILES string of the molecule is Cc1cc(C(C)Nc2nc(Cl)c(Cc3c[nH]c4ncccc34)s2)n[nH]1. The maximum Gasteiger partial charge on any atom is 0.184 e. The lowest BCUT2D eigenvalue weighted by Crippen LogP contribution is -2.06. The van der Waals surface area contributed by atoms with E-state index in [0.717, 1.165) is 44.4 Å². The zero-order chi connectivity index (χ0) is 17.4. The summed E-state index contributed by atoms with van der Waals surface area (Å²) in [5, 5.41) is 13.1. The molecule has 4 aromatic heterocycles. The summed E-state index contributed by atoms with van der Waals surface area (Å²) >= 11 is 7.93. The monoisotopic (exact) mass is 372 g/mol. The van der Waals surface area contributed by atoms with Crippen molar-refractivity contribution in [2.45, 2.75) is 26.3 Å². The van der Waals surface area contributed by atoms with Gasteiger partial charge in [-0.3, -0.25) is 5.10 Å². The lowest BCUT2D eigenvalue weighted by Gasteiger charge is -2.09. The average Bonchev–Trinajstić information content (AvgIpc) is 3.28. The van der Waals surface area contributed by atoms with Crippen molar-refractivity contribution in [2.75, 3.05) is 5.32 Å². The molecule has 25 heavy (non-hydrogen) atoms. The van der Waals surface area contributed by atoms with Gasteiger partial charge < -0.3 is 10.3 Å². The number of aryl methyl sites for hydroxylation is 1. The first-order chi connectivity index (χ1) is 12.1. The number of hydrogen-bond acceptors (Lipinski definition) is 5. The van der Waals surface area contributed by atoms with Crippen molar-refractivity contribution in [1.82, 2.24) is 25.1 Å². The molecule has 1 unspecified atom stereocenters. The quantitative estimate of drug-likeness (QED) is 0.482. The van der Waals surface area contributed by atoms with Crippen LogP contribution in [0, 0.1) is 6.92 Å². The topological polar surface area (TPSA) is 82.3 Å². The van der Waals surface area contributed by atoms with Gasteiger partial charge in [0.25, 0.3) is 0 Å². The second-order valence-electron chi connectivity index (χ2n) is 5.97. The molecule has 4 heterocycles. The van der Waals surface area contributed by atoms with Crippen molar-refractivity contribution in [3.8, 4) is 0 Å². The molecule has 0 amide bonds. The fourth-order valence-electron chi connectivity index (χ4n) is 2.76. The van der Waals surface area contributed by atoms with Crippen molar-refractivity contribution in [2.24, 2.45) is 0 Å². The van der Waals surface area contributed by atoms with Crippen molar-refractivity contribution in [1.29, 1.82) is 0 Å². The van der Waals surface area contributed by atoms with E-state index in [4.69, 9.17) is 11.6 Å². The van der Waals surface area contributed by atoms with E-state index in [1.54, 1.807) is 17.5 Å². The summed E-state index contributed by atoms with van der Waals surface area (Å²) < 4.78 is 0. The number of thiazole rings is 1. The molecule has 0 spiro atoms. The molecular weight excluding hydrogens is 356 g/mol. The van der Waals surface area contributed by atoms with E-state index in [2.05, 4.69) is 43.5 Å². The minimum Gasteiger partial charge on any atom is -0.353 e. The first kappa shape index (κ1) is 16.1. The number of aromatic nitrogens is 5. The summed E-state index contributed by atoms with van der Waals surface area (Å²) in [6.45, 7) is 4.04. The van der Waals surface area contributed by atoms with Gasteiger partial charge in [-0.2, -0.15) is 5.10 Å². The Balaban J connectivity index is 1.54. The summed E-state index contributed by atoms with van der Waals surface area (Å²) in [7, 11) is 0. The van der Waals surface area contributed by atoms with Gasteiger partial charge in [-0.15, -0.1) is 11.3 Å². The molecular formula is C17H17ClN6S. The van der Waals surface area contributed by atoms with Crippen LogP contribution in [0.4, 0.5) is 5.13 Å². The van der Waals surface area contributed by atoms with Crippen LogP contribution >= 0.6 is 22.9 Å². The fraction of sp³-hybridized carbons (Fsp3) is 0.235. The molecule has 0 aliphatic heterocycles. The Morgan fingerprint density at radius 3 is 3.08 bits per heavy atom. The number of rotatable bonds is 5. The maximum absolute atomic E-state index is 6.36. The summed E-state index contributed by atoms with van der Waals surface area (Å²) in [5.41, 5.74) is 4.04. The van der Waals surface area contributed by atoms with Crippen LogP contribution in [0.5, 0.6) is 0 Å². The van der Waals surface area contributed by atoms with Crippen LogP contribution in [0.3, 0.4) is 0 Å². The molecule has 128 valence electrons. The second-order valence-corrected chi connectivity index (χ2v) is 7.41. The highest BCUT2D eigenvalue weighted by atomic mass is 35.5. The summed E-state index contributed by atoms with van der Waals surface area (Å²) in [5.74, 6) is 0. The largest absolute Gasteiger partial charge is 0.353 e. The van der Waals surface area contributed by atoms with Crippen LogP contribution in [0.1, 0.15) is 34.8 Å². The van der Waals surface area contributed by atoms with Crippen LogP contribution in [-0.4, -0.2) is 25.1 Å². The summed E-state index contributed by atoms with van der Waals surface area (Å²) in [6.07, 6.45) is 4.48. The van der Waals surface area contributed by atoms with Crippen LogP contribution in [0.15, 0.2) is 30.6 Å². The lowest BCUT2D eigenvalue weighted by molar-refractivity contribution is 0.822. The molecule has 0 aliphatic rings. The third-order valence-corrected chi connectivity index (χ3v) is 5.46. The molecule has 0 radical (unpaired) electrons. The number of anilines is 1. The molecule has 8 heteroatoms. The van der Waals surface area contributed by atoms with Gasteiger partial charge >= 0.3 is 0 Å². The molecule has 0 aromatic carbocycles. The van der Waals surface area contributed by atoms with Gasteiger partial charge in [0.15, 0.2) is 5.13 Å². The van der Waals surface area contributed by atoms with Crippen molar-refractivity contribution < 1.29 is 0 Å². The van der Waals surface area contributed by atoms with Crippen LogP contribution < -0.4 is 5.32 Å². The van der Waals surface area contributed by atoms with Crippen LogP contribution in [0.2, 0.25) is 5.15 Å². The molecule has 0 saturated heterocycles. The van der Waals surface area contributed by atoms with E-state index >= 15 is 0 Å². The van der Waals surface area contributed by atoms with E-state index < -0.39 is 0 Å². The minimum absolute atomic E-state index is 0.0531. The van der Waals surface area contributed by atoms with Gasteiger partial charge in [-0.25, -0.2) is 9.97 Å². The highest BCUT2D eigenvalue weighted by Gasteiger charge is 2.15. The Morgan fingerprint density at radius 1 is 1.40 bits per heavy atom. The number of nitrogens with zero attached hydrogens (tertiary/aromatic N) is 3. The van der Waals surface area contributed by atoms with Gasteiger partial charge in [0.05, 0.1) is 16.6 Å². The predicted octanol–water partition coefficient (Wildman–Crippen LogP) is 4.47. The zero-order valence-electron chi connectivity index (χ0n) is 13.8. The molecule has 0 aliphatic carbocycles. The molecule has 1 atom stereocenters. The smallest absolute Gasteiger partial charge is 0.184 e. The normalized spacial score (nSPS) is 12.6. The van der Waals surface area contributed by atoms with E-state index in [-0.39, 0.29) is 6.04 Å². The van der Waals surface area contributed by atoms with E-state index in [0.29, 0.717) is 5.15 Å². The van der Waals surface area contributed by atoms with Crippen molar-refractivity contribution in [3.05, 3.63) is 57.6 Å². The van der Waals surface area contributed by atoms with E-state index in [9.17, 15) is 0 Å². The van der Waals surface area contributed by atoms with E-state index in [1.807, 2.05) is 25.3 Å². The third-order valence-electron chi connectivity index (χ3n) is 4.05. The van der Waals surface area contributed by atoms with Gasteiger partial charge in [-0.05, 0) is 37.6 Å². The molecule has 0 bridgehead atoms. The highest BCUT2D eigenvalue weighted by Crippen LogP contribution is 2.32. The van der Waals surface area contributed by atoms with Crippen molar-refractivity contribution in [3.63, 3.8) is 0 Å². The van der Waals surface area contributed by atoms with Crippen LogP contribution in [-0.2, 0) is 6.42 Å². The first-order valence-electron chi connectivity index (χ1n) is 7.95. The number of nitrogens with one attached hydrogen (secondary N) is 3. The highest BCUT2D eigenvalue weighted by molar-refractivity contribution is 7.16. The number of fused-ring (bicyclic) bond motifs is 1. The third kappa shape index (κ3) is 3.25. The van der Waals surface area contributed by atoms with Gasteiger partial charge in [-0.1, -0.05) is 11.6 Å². The molecule has 0 fully saturated rings. The maximum atomic E-state index is 6.36. The molecule has 0 saturated carbocycles. The summed E-state index contributed by atoms with van der Waals surface area (Å²) in [6, 6.07) is 6.07. The Hall–Kier alpha value is -2.38. The van der Waals surface area contributed by atoms with Gasteiger partial charge in [0, 0.05) is 29.9 Å². The standard InChI is InChI=1S/C17H17ClN6S/c1-9-6-13(24-23-9)10(2)21-17-22-15(18)14(25-17)7-11-8-20-16-12(11)4-3-5-19-16/h3-6,8,10H,7H2,1-2H3,(H,19,20)(H,21,22)(H,23,24). The minimum atomic E-state index is 0.0531. The predicted molar refractivity (Wildman–Crippen MR) is 101 cm³/mol. The van der Waals surface area contributed by atoms with E-state index in [1.165, 1.54) is 0 Å². The van der Waals surface area contributed by atoms with Gasteiger partial charge in [0.2, 0.25) is 0 Å². The second kappa shape index (κ2) is 6.50. The number of hydrogen-bond donors (Lipinski definition) is 3. The average molecular weight is 373 g/mol. The van der Waals surface area contributed by atoms with Crippen molar-refractivity contribution >= 4 is 39.1 Å². The first-order valence-corrected chi connectivity index (χ1v) is 9.14. The lowest BCUT2D eigenvalue weighted by atomic mass is 10.1. The molecule has 4 rings (SSSR count). The number of aromatic amines is 2. The Morgan fingerprint density at radius 2 is 2.28 bits per heavy atom. The molecule has 4 aromatic rings. The number of pyridine rings is 1. The number of halogens is 1. The fourth-order valence-corrected chi connectivity index (χ4v) is 4.04. The zero-order valence-corrected chi connectivity index (χ0v) is 15.4. The van der Waals surface area contributed by atoms with Gasteiger partial charge in [0.1, 0.15) is 10.8 Å². The Labute approximate surface area is 153 Å². The molecule has 3 N–H and O–H groups in total. The Kier molecular flexibility index (Phi) is 4.19.